The van der Waals surface area contributed by atoms with Crippen LogP contribution in [0.2, 0.25) is 0 Å². The maximum Gasteiger partial charge on any atom is 0.273 e. The van der Waals surface area contributed by atoms with Gasteiger partial charge in [-0.15, -0.1) is 0 Å². The van der Waals surface area contributed by atoms with Gasteiger partial charge in [-0.05, 0) is 25.0 Å². The molecule has 1 aliphatic rings. The highest BCUT2D eigenvalue weighted by atomic mass is 16.3. The van der Waals surface area contributed by atoms with E-state index in [0.29, 0.717) is 0 Å². The van der Waals surface area contributed by atoms with E-state index in [0.717, 1.165) is 12.8 Å². The van der Waals surface area contributed by atoms with Crippen LogP contribution in [0.15, 0.2) is 18.3 Å². The summed E-state index contributed by atoms with van der Waals surface area (Å²) in [6, 6.07) is 3.33. The first-order valence-electron chi connectivity index (χ1n) is 4.22. The molecule has 1 fully saturated rings. The number of pyridine rings is 1. The van der Waals surface area contributed by atoms with Gasteiger partial charge >= 0.3 is 0 Å². The molecule has 13 heavy (non-hydrogen) atoms. The number of amides is 1. The van der Waals surface area contributed by atoms with E-state index in [1.165, 1.54) is 12.3 Å². The average Bonchev–Trinajstić information content (AvgIpc) is 2.89. The Balaban J connectivity index is 2.13. The molecule has 4 nitrogen and oxygen atoms in total. The van der Waals surface area contributed by atoms with Crippen molar-refractivity contribution < 1.29 is 9.90 Å². The molecule has 0 spiro atoms. The number of hydrogen-bond donors (Lipinski definition) is 2. The molecule has 0 bridgehead atoms. The lowest BCUT2D eigenvalue weighted by Crippen LogP contribution is -2.26. The Morgan fingerprint density at radius 3 is 3.00 bits per heavy atom. The first kappa shape index (κ1) is 8.04. The predicted octanol–water partition coefficient (Wildman–Crippen LogP) is 0.679. The largest absolute Gasteiger partial charge is 0.505 e. The van der Waals surface area contributed by atoms with Gasteiger partial charge in [-0.25, -0.2) is 4.98 Å². The van der Waals surface area contributed by atoms with Crippen molar-refractivity contribution in [1.29, 1.82) is 0 Å². The summed E-state index contributed by atoms with van der Waals surface area (Å²) in [7, 11) is 0. The first-order valence-corrected chi connectivity index (χ1v) is 4.22. The minimum Gasteiger partial charge on any atom is -0.505 e. The van der Waals surface area contributed by atoms with Crippen molar-refractivity contribution in [3.63, 3.8) is 0 Å². The second kappa shape index (κ2) is 3.05. The predicted molar refractivity (Wildman–Crippen MR) is 46.4 cm³/mol. The zero-order valence-corrected chi connectivity index (χ0v) is 7.03. The molecule has 0 saturated heterocycles. The van der Waals surface area contributed by atoms with Crippen molar-refractivity contribution in [1.82, 2.24) is 10.3 Å². The number of rotatable bonds is 2. The summed E-state index contributed by atoms with van der Waals surface area (Å²) in [5.41, 5.74) is 0.106. The summed E-state index contributed by atoms with van der Waals surface area (Å²) in [6.45, 7) is 0. The third-order valence-corrected chi connectivity index (χ3v) is 1.91. The van der Waals surface area contributed by atoms with Crippen LogP contribution in [0, 0.1) is 0 Å². The molecule has 68 valence electrons. The summed E-state index contributed by atoms with van der Waals surface area (Å²) in [5, 5.41) is 12.0. The van der Waals surface area contributed by atoms with Gasteiger partial charge < -0.3 is 10.4 Å². The summed E-state index contributed by atoms with van der Waals surface area (Å²) in [6.07, 6.45) is 3.54. The minimum atomic E-state index is -0.291. The van der Waals surface area contributed by atoms with E-state index in [-0.39, 0.29) is 23.4 Å². The first-order chi connectivity index (χ1) is 6.27. The summed E-state index contributed by atoms with van der Waals surface area (Å²) in [5.74, 6) is -0.360. The fourth-order valence-corrected chi connectivity index (χ4v) is 1.05. The van der Waals surface area contributed by atoms with Gasteiger partial charge in [0.05, 0.1) is 0 Å². The SMILES string of the molecule is O=C(NC1CC1)c1ncccc1O. The topological polar surface area (TPSA) is 62.2 Å². The van der Waals surface area contributed by atoms with Crippen LogP contribution in [-0.4, -0.2) is 22.0 Å². The lowest BCUT2D eigenvalue weighted by Gasteiger charge is -2.03. The van der Waals surface area contributed by atoms with E-state index >= 15 is 0 Å². The summed E-state index contributed by atoms with van der Waals surface area (Å²) >= 11 is 0. The van der Waals surface area contributed by atoms with Crippen LogP contribution >= 0.6 is 0 Å². The molecule has 0 aliphatic heterocycles. The zero-order valence-electron chi connectivity index (χ0n) is 7.03. The number of carbonyl (C=O) groups is 1. The highest BCUT2D eigenvalue weighted by molar-refractivity contribution is 5.95. The van der Waals surface area contributed by atoms with Crippen molar-refractivity contribution in [3.8, 4) is 5.75 Å². The van der Waals surface area contributed by atoms with Gasteiger partial charge in [-0.1, -0.05) is 0 Å². The van der Waals surface area contributed by atoms with Crippen LogP contribution in [0.1, 0.15) is 23.3 Å². The van der Waals surface area contributed by atoms with E-state index in [2.05, 4.69) is 10.3 Å². The lowest BCUT2D eigenvalue weighted by atomic mass is 10.3. The minimum absolute atomic E-state index is 0.0688. The monoisotopic (exact) mass is 178 g/mol. The summed E-state index contributed by atoms with van der Waals surface area (Å²) in [4.78, 5) is 15.2. The van der Waals surface area contributed by atoms with Gasteiger partial charge in [-0.3, -0.25) is 4.79 Å². The highest BCUT2D eigenvalue weighted by Crippen LogP contribution is 2.20. The maximum atomic E-state index is 11.4. The molecule has 1 aromatic rings. The lowest BCUT2D eigenvalue weighted by molar-refractivity contribution is 0.0943. The van der Waals surface area contributed by atoms with Crippen molar-refractivity contribution >= 4 is 5.91 Å². The standard InChI is InChI=1S/C9H10N2O2/c12-7-2-1-5-10-8(7)9(13)11-6-3-4-6/h1-2,5-6,12H,3-4H2,(H,11,13). The maximum absolute atomic E-state index is 11.4. The average molecular weight is 178 g/mol. The number of hydrogen-bond acceptors (Lipinski definition) is 3. The summed E-state index contributed by atoms with van der Waals surface area (Å²) < 4.78 is 0. The van der Waals surface area contributed by atoms with Crippen LogP contribution in [0.4, 0.5) is 0 Å². The second-order valence-electron chi connectivity index (χ2n) is 3.12. The third kappa shape index (κ3) is 1.77. The Labute approximate surface area is 75.6 Å². The van der Waals surface area contributed by atoms with Crippen LogP contribution < -0.4 is 5.32 Å². The molecule has 0 aromatic carbocycles. The number of nitrogens with one attached hydrogen (secondary N) is 1. The van der Waals surface area contributed by atoms with Crippen molar-refractivity contribution in [2.75, 3.05) is 0 Å². The van der Waals surface area contributed by atoms with Crippen molar-refractivity contribution in [3.05, 3.63) is 24.0 Å². The van der Waals surface area contributed by atoms with E-state index in [1.807, 2.05) is 0 Å². The zero-order chi connectivity index (χ0) is 9.26. The van der Waals surface area contributed by atoms with E-state index in [4.69, 9.17) is 0 Å². The molecule has 2 rings (SSSR count). The normalized spacial score (nSPS) is 15.4. The molecular weight excluding hydrogens is 168 g/mol. The van der Waals surface area contributed by atoms with Crippen LogP contribution in [0.5, 0.6) is 5.75 Å². The Kier molecular flexibility index (Phi) is 1.88. The van der Waals surface area contributed by atoms with Crippen LogP contribution in [0.3, 0.4) is 0 Å². The van der Waals surface area contributed by atoms with Crippen LogP contribution in [0.25, 0.3) is 0 Å². The van der Waals surface area contributed by atoms with Gasteiger partial charge in [0.2, 0.25) is 0 Å². The van der Waals surface area contributed by atoms with E-state index < -0.39 is 0 Å². The molecule has 1 amide bonds. The molecule has 1 aliphatic carbocycles. The fourth-order valence-electron chi connectivity index (χ4n) is 1.05. The number of aromatic nitrogens is 1. The smallest absolute Gasteiger partial charge is 0.273 e. The number of carbonyl (C=O) groups excluding carboxylic acids is 1. The van der Waals surface area contributed by atoms with Crippen LogP contribution in [-0.2, 0) is 0 Å². The van der Waals surface area contributed by atoms with Gasteiger partial charge in [0.1, 0.15) is 5.75 Å². The van der Waals surface area contributed by atoms with Gasteiger partial charge in [0.15, 0.2) is 5.69 Å². The highest BCUT2D eigenvalue weighted by Gasteiger charge is 2.25. The van der Waals surface area contributed by atoms with Crippen molar-refractivity contribution in [2.24, 2.45) is 0 Å². The number of nitrogens with zero attached hydrogens (tertiary/aromatic N) is 1. The Morgan fingerprint density at radius 2 is 2.38 bits per heavy atom. The molecule has 1 saturated carbocycles. The molecule has 2 N–H and O–H groups in total. The molecule has 1 aromatic heterocycles. The molecule has 1 heterocycles. The number of aromatic hydroxyl groups is 1. The van der Waals surface area contributed by atoms with Crippen molar-refractivity contribution in [2.45, 2.75) is 18.9 Å². The molecule has 0 unspecified atom stereocenters. The molecule has 0 radical (unpaired) electrons. The van der Waals surface area contributed by atoms with Gasteiger partial charge in [0.25, 0.3) is 5.91 Å². The second-order valence-corrected chi connectivity index (χ2v) is 3.12. The Bertz CT molecular complexity index is 334. The van der Waals surface area contributed by atoms with Gasteiger partial charge in [0, 0.05) is 12.2 Å². The van der Waals surface area contributed by atoms with E-state index in [9.17, 15) is 9.90 Å². The van der Waals surface area contributed by atoms with E-state index in [1.54, 1.807) is 6.07 Å². The fraction of sp³-hybridized carbons (Fsp3) is 0.333. The quantitative estimate of drug-likeness (QED) is 0.700. The molecule has 0 atom stereocenters. The third-order valence-electron chi connectivity index (χ3n) is 1.91. The Hall–Kier alpha value is -1.58. The molecular formula is C9H10N2O2. The Morgan fingerprint density at radius 1 is 1.62 bits per heavy atom. The molecule has 4 heteroatoms. The van der Waals surface area contributed by atoms with Gasteiger partial charge in [-0.2, -0.15) is 0 Å².